The topological polar surface area (TPSA) is 9.23 Å². The molecule has 0 atom stereocenters. The zero-order valence-corrected chi connectivity index (χ0v) is 27.8. The number of hydrogen-bond acceptors (Lipinski definition) is 1. The zero-order valence-electron chi connectivity index (χ0n) is 23.9. The van der Waals surface area contributed by atoms with Crippen LogP contribution in [0, 0.1) is 9.86 Å². The molecule has 3 heteroatoms. The molecule has 1 nitrogen and oxygen atoms in total. The summed E-state index contributed by atoms with van der Waals surface area (Å²) in [6.07, 6.45) is 12.2. The van der Waals surface area contributed by atoms with Gasteiger partial charge in [0.25, 0.3) is 0 Å². The summed E-state index contributed by atoms with van der Waals surface area (Å²) < 4.78 is 15.3. The van der Waals surface area contributed by atoms with Crippen LogP contribution in [0.15, 0.2) is 72.8 Å². The van der Waals surface area contributed by atoms with E-state index in [2.05, 4.69) is 124 Å². The molecular formula is C33H50OSiSn. The molecule has 0 spiro atoms. The fraction of sp³-hybridized carbons (Fsp3) is 0.515. The van der Waals surface area contributed by atoms with Gasteiger partial charge in [0.15, 0.2) is 0 Å². The molecular weight excluding hydrogens is 559 g/mol. The summed E-state index contributed by atoms with van der Waals surface area (Å²) in [6, 6.07) is 21.8. The summed E-state index contributed by atoms with van der Waals surface area (Å²) in [5.74, 6) is 3.56. The first-order chi connectivity index (χ1) is 17.3. The Kier molecular flexibility index (Phi) is 13.6. The quantitative estimate of drug-likeness (QED) is 0.154. The van der Waals surface area contributed by atoms with Gasteiger partial charge in [-0.3, -0.25) is 0 Å². The Balaban J connectivity index is 2.30. The van der Waals surface area contributed by atoms with Crippen LogP contribution in [0.4, 0.5) is 0 Å². The summed E-state index contributed by atoms with van der Waals surface area (Å²) in [6.45, 7) is 14.6. The van der Waals surface area contributed by atoms with Crippen LogP contribution in [0.2, 0.25) is 18.3 Å². The first-order valence-corrected chi connectivity index (χ1v) is 23.7. The van der Waals surface area contributed by atoms with Crippen LogP contribution in [0.5, 0.6) is 0 Å². The average molecular weight is 610 g/mol. The molecule has 0 saturated heterocycles. The van der Waals surface area contributed by atoms with E-state index in [-0.39, 0.29) is 5.04 Å². The maximum absolute atomic E-state index is 6.99. The van der Waals surface area contributed by atoms with Gasteiger partial charge in [-0.2, -0.15) is 0 Å². The summed E-state index contributed by atoms with van der Waals surface area (Å²) in [7, 11) is -2.49. The van der Waals surface area contributed by atoms with Crippen molar-refractivity contribution in [2.24, 2.45) is 0 Å². The second-order valence-electron chi connectivity index (χ2n) is 11.2. The van der Waals surface area contributed by atoms with Crippen LogP contribution in [-0.2, 0) is 4.43 Å². The van der Waals surface area contributed by atoms with E-state index in [1.54, 1.807) is 0 Å². The fourth-order valence-corrected chi connectivity index (χ4v) is 23.0. The van der Waals surface area contributed by atoms with E-state index in [0.717, 1.165) is 0 Å². The third-order valence-electron chi connectivity index (χ3n) is 7.38. The van der Waals surface area contributed by atoms with Gasteiger partial charge in [-0.15, -0.1) is 0 Å². The summed E-state index contributed by atoms with van der Waals surface area (Å²) in [4.78, 5) is 0. The Morgan fingerprint density at radius 3 is 1.58 bits per heavy atom. The molecule has 0 fully saturated rings. The van der Waals surface area contributed by atoms with Crippen LogP contribution in [-0.4, -0.2) is 33.3 Å². The van der Waals surface area contributed by atoms with Crippen molar-refractivity contribution in [3.05, 3.63) is 72.8 Å². The van der Waals surface area contributed by atoms with Crippen LogP contribution in [0.1, 0.15) is 80.1 Å². The van der Waals surface area contributed by atoms with Crippen molar-refractivity contribution in [3.8, 4) is 9.86 Å². The molecule has 2 rings (SSSR count). The van der Waals surface area contributed by atoms with Crippen molar-refractivity contribution in [1.29, 1.82) is 0 Å². The Hall–Kier alpha value is -1.28. The standard InChI is InChI=1S/C21H23OSi.3C4H9.Sn/c1-5-6-13-18-22-23(21(2,3)4,19-14-9-7-10-15-19)20-16-11-8-12-17-20;3*1-3-4-2;/h6-17H,18H2,2-4H3;3*1,3-4H2,2H3;/b13-6+;;;;. The Morgan fingerprint density at radius 1 is 0.750 bits per heavy atom. The molecule has 36 heavy (non-hydrogen) atoms. The molecule has 0 amide bonds. The Bertz CT molecular complexity index is 889. The summed E-state index contributed by atoms with van der Waals surface area (Å²) >= 11 is -2.41. The van der Waals surface area contributed by atoms with Gasteiger partial charge >= 0.3 is 229 Å². The van der Waals surface area contributed by atoms with Gasteiger partial charge in [0.05, 0.1) is 0 Å². The van der Waals surface area contributed by atoms with E-state index >= 15 is 0 Å². The Morgan fingerprint density at radius 2 is 1.19 bits per heavy atom. The second kappa shape index (κ2) is 15.8. The number of hydrogen-bond donors (Lipinski definition) is 0. The first kappa shape index (κ1) is 30.9. The number of benzene rings is 2. The first-order valence-electron chi connectivity index (χ1n) is 14.3. The van der Waals surface area contributed by atoms with Gasteiger partial charge < -0.3 is 0 Å². The molecule has 0 bridgehead atoms. The van der Waals surface area contributed by atoms with Crippen molar-refractivity contribution < 1.29 is 4.43 Å². The normalized spacial score (nSPS) is 12.5. The molecule has 196 valence electrons. The van der Waals surface area contributed by atoms with E-state index < -0.39 is 26.7 Å². The minimum absolute atomic E-state index is 0.00128. The molecule has 0 radical (unpaired) electrons. The van der Waals surface area contributed by atoms with Gasteiger partial charge in [0, 0.05) is 0 Å². The maximum atomic E-state index is 6.99. The fourth-order valence-electron chi connectivity index (χ4n) is 5.34. The molecule has 0 aliphatic rings. The van der Waals surface area contributed by atoms with Crippen LogP contribution < -0.4 is 10.4 Å². The molecule has 0 heterocycles. The summed E-state index contributed by atoms with van der Waals surface area (Å²) in [5, 5.41) is 2.66. The van der Waals surface area contributed by atoms with Crippen LogP contribution in [0.25, 0.3) is 0 Å². The van der Waals surface area contributed by atoms with Crippen molar-refractivity contribution >= 4 is 37.1 Å². The van der Waals surface area contributed by atoms with Crippen molar-refractivity contribution in [2.75, 3.05) is 6.61 Å². The van der Waals surface area contributed by atoms with Crippen molar-refractivity contribution in [2.45, 2.75) is 98.4 Å². The molecule has 0 saturated carbocycles. The Labute approximate surface area is 228 Å². The van der Waals surface area contributed by atoms with E-state index in [1.165, 1.54) is 62.2 Å². The van der Waals surface area contributed by atoms with Crippen LogP contribution in [0.3, 0.4) is 0 Å². The SMILES string of the molecule is CCC[CH2][Sn]([C]#C/C=C/CO[Si](c1ccccc1)(c1ccccc1)C(C)(C)C)([CH2]CCC)[CH2]CCC. The van der Waals surface area contributed by atoms with Gasteiger partial charge in [-0.05, 0) is 0 Å². The molecule has 2 aromatic carbocycles. The third-order valence-corrected chi connectivity index (χ3v) is 25.5. The molecule has 0 aliphatic heterocycles. The molecule has 0 unspecified atom stereocenters. The molecule has 2 aromatic rings. The van der Waals surface area contributed by atoms with Gasteiger partial charge in [-0.25, -0.2) is 0 Å². The second-order valence-corrected chi connectivity index (χ2v) is 27.8. The molecule has 0 aliphatic carbocycles. The average Bonchev–Trinajstić information content (AvgIpc) is 2.89. The third kappa shape index (κ3) is 8.64. The van der Waals surface area contributed by atoms with Crippen molar-refractivity contribution in [1.82, 2.24) is 0 Å². The monoisotopic (exact) mass is 610 g/mol. The number of unbranched alkanes of at least 4 members (excludes halogenated alkanes) is 3. The molecule has 0 aromatic heterocycles. The van der Waals surface area contributed by atoms with Gasteiger partial charge in [0.1, 0.15) is 0 Å². The van der Waals surface area contributed by atoms with E-state index in [0.29, 0.717) is 6.61 Å². The van der Waals surface area contributed by atoms with E-state index in [9.17, 15) is 0 Å². The van der Waals surface area contributed by atoms with E-state index in [1.807, 2.05) is 0 Å². The minimum atomic E-state index is -2.49. The van der Waals surface area contributed by atoms with Crippen molar-refractivity contribution in [3.63, 3.8) is 0 Å². The molecule has 0 N–H and O–H groups in total. The van der Waals surface area contributed by atoms with Gasteiger partial charge in [0.2, 0.25) is 0 Å². The number of rotatable bonds is 14. The zero-order chi connectivity index (χ0) is 26.3. The van der Waals surface area contributed by atoms with Crippen LogP contribution >= 0.6 is 0 Å². The summed E-state index contributed by atoms with van der Waals surface area (Å²) in [5.41, 5.74) is 0. The van der Waals surface area contributed by atoms with E-state index in [4.69, 9.17) is 4.43 Å². The predicted molar refractivity (Wildman–Crippen MR) is 165 cm³/mol. The number of allylic oxidation sites excluding steroid dienone is 1. The predicted octanol–water partition coefficient (Wildman–Crippen LogP) is 8.51. The van der Waals surface area contributed by atoms with Gasteiger partial charge in [-0.1, -0.05) is 0 Å².